The van der Waals surface area contributed by atoms with Crippen LogP contribution in [0.25, 0.3) is 0 Å². The van der Waals surface area contributed by atoms with Crippen molar-refractivity contribution in [2.75, 3.05) is 32.7 Å². The molecule has 2 aliphatic heterocycles. The molecule has 1 aromatic rings. The maximum atomic E-state index is 13.3. The lowest BCUT2D eigenvalue weighted by Crippen LogP contribution is -2.51. The molecular formula is C19H25N3O2. The Morgan fingerprint density at radius 1 is 1.17 bits per heavy atom. The molecule has 0 radical (unpaired) electrons. The first-order valence-corrected chi connectivity index (χ1v) is 9.00. The van der Waals surface area contributed by atoms with Gasteiger partial charge in [-0.15, -0.1) is 0 Å². The molecule has 2 bridgehead atoms. The number of rotatable bonds is 3. The summed E-state index contributed by atoms with van der Waals surface area (Å²) in [6.07, 6.45) is 1.84. The van der Waals surface area contributed by atoms with Crippen molar-refractivity contribution in [3.05, 3.63) is 35.9 Å². The van der Waals surface area contributed by atoms with Crippen LogP contribution in [0.1, 0.15) is 25.3 Å². The smallest absolute Gasteiger partial charge is 0.233 e. The molecule has 3 aliphatic rings. The number of carbonyl (C=O) groups excluding carboxylic acids is 2. The van der Waals surface area contributed by atoms with Gasteiger partial charge in [-0.3, -0.25) is 9.59 Å². The number of likely N-dealkylation sites (N-methyl/N-ethyl adjacent to an activating group) is 1. The fourth-order valence-corrected chi connectivity index (χ4v) is 4.23. The van der Waals surface area contributed by atoms with Crippen molar-refractivity contribution in [3.8, 4) is 0 Å². The highest BCUT2D eigenvalue weighted by Gasteiger charge is 2.54. The summed E-state index contributed by atoms with van der Waals surface area (Å²) in [4.78, 5) is 30.0. The Bertz CT molecular complexity index is 641. The maximum Gasteiger partial charge on any atom is 0.233 e. The summed E-state index contributed by atoms with van der Waals surface area (Å²) in [5.74, 6) is 0.203. The molecule has 24 heavy (non-hydrogen) atoms. The normalized spacial score (nSPS) is 28.9. The minimum absolute atomic E-state index is 0.0421. The molecule has 1 saturated carbocycles. The number of benzene rings is 1. The van der Waals surface area contributed by atoms with Gasteiger partial charge >= 0.3 is 0 Å². The van der Waals surface area contributed by atoms with E-state index in [-0.39, 0.29) is 29.2 Å². The molecular weight excluding hydrogens is 302 g/mol. The van der Waals surface area contributed by atoms with Crippen LogP contribution in [0.3, 0.4) is 0 Å². The highest BCUT2D eigenvalue weighted by Crippen LogP contribution is 2.49. The van der Waals surface area contributed by atoms with Crippen LogP contribution >= 0.6 is 0 Å². The molecule has 2 atom stereocenters. The summed E-state index contributed by atoms with van der Waals surface area (Å²) in [7, 11) is 0. The molecule has 0 aromatic heterocycles. The molecule has 2 amide bonds. The van der Waals surface area contributed by atoms with Gasteiger partial charge in [0.15, 0.2) is 0 Å². The minimum Gasteiger partial charge on any atom is -0.350 e. The fourth-order valence-electron chi connectivity index (χ4n) is 4.23. The summed E-state index contributed by atoms with van der Waals surface area (Å²) < 4.78 is 0. The first-order valence-electron chi connectivity index (χ1n) is 9.00. The highest BCUT2D eigenvalue weighted by atomic mass is 16.2. The van der Waals surface area contributed by atoms with E-state index in [0.717, 1.165) is 38.0 Å². The Morgan fingerprint density at radius 3 is 2.58 bits per heavy atom. The summed E-state index contributed by atoms with van der Waals surface area (Å²) in [5, 5.41) is 3.13. The average Bonchev–Trinajstić information content (AvgIpc) is 3.40. The van der Waals surface area contributed by atoms with Gasteiger partial charge in [-0.25, -0.2) is 0 Å². The van der Waals surface area contributed by atoms with Gasteiger partial charge in [-0.1, -0.05) is 37.3 Å². The van der Waals surface area contributed by atoms with Gasteiger partial charge in [0.25, 0.3) is 0 Å². The lowest BCUT2D eigenvalue weighted by molar-refractivity contribution is -0.135. The SMILES string of the molecule is CCN1C[C@H]2CN(C(=O)C3(c4ccccc4)CC3)C[C@@H](C1)C(=O)N2. The van der Waals surface area contributed by atoms with E-state index in [0.29, 0.717) is 13.1 Å². The predicted molar refractivity (Wildman–Crippen MR) is 91.5 cm³/mol. The first kappa shape index (κ1) is 15.6. The van der Waals surface area contributed by atoms with Gasteiger partial charge in [-0.2, -0.15) is 0 Å². The van der Waals surface area contributed by atoms with Gasteiger partial charge in [0.2, 0.25) is 11.8 Å². The van der Waals surface area contributed by atoms with Crippen molar-refractivity contribution in [1.29, 1.82) is 0 Å². The fraction of sp³-hybridized carbons (Fsp3) is 0.579. The summed E-state index contributed by atoms with van der Waals surface area (Å²) in [5.41, 5.74) is 0.784. The lowest BCUT2D eigenvalue weighted by Gasteiger charge is -2.34. The van der Waals surface area contributed by atoms with Crippen molar-refractivity contribution in [3.63, 3.8) is 0 Å². The van der Waals surface area contributed by atoms with E-state index in [1.165, 1.54) is 0 Å². The van der Waals surface area contributed by atoms with Crippen molar-refractivity contribution >= 4 is 11.8 Å². The molecule has 128 valence electrons. The molecule has 1 aromatic carbocycles. The number of nitrogens with one attached hydrogen (secondary N) is 1. The predicted octanol–water partition coefficient (Wildman–Crippen LogP) is 0.997. The Balaban J connectivity index is 1.57. The van der Waals surface area contributed by atoms with E-state index >= 15 is 0 Å². The first-order chi connectivity index (χ1) is 11.6. The third-order valence-corrected chi connectivity index (χ3v) is 5.78. The number of hydrogen-bond donors (Lipinski definition) is 1. The molecule has 0 spiro atoms. The van der Waals surface area contributed by atoms with Crippen molar-refractivity contribution in [2.24, 2.45) is 5.92 Å². The zero-order chi connectivity index (χ0) is 16.7. The van der Waals surface area contributed by atoms with Crippen LogP contribution in [-0.4, -0.2) is 60.4 Å². The van der Waals surface area contributed by atoms with Crippen LogP contribution < -0.4 is 5.32 Å². The van der Waals surface area contributed by atoms with Gasteiger partial charge in [0.1, 0.15) is 0 Å². The van der Waals surface area contributed by atoms with E-state index < -0.39 is 0 Å². The molecule has 5 heteroatoms. The molecule has 1 N–H and O–H groups in total. The Hall–Kier alpha value is -1.88. The standard InChI is InChI=1S/C19H25N3O2/c1-2-21-10-14-11-22(13-16(12-21)20-17(14)23)18(24)19(8-9-19)15-6-4-3-5-7-15/h3-7,14,16H,2,8-13H2,1H3,(H,20,23)/t14-,16+/m1/s1. The quantitative estimate of drug-likeness (QED) is 0.901. The summed E-state index contributed by atoms with van der Waals surface area (Å²) in [6, 6.07) is 10.2. The summed E-state index contributed by atoms with van der Waals surface area (Å²) in [6.45, 7) is 5.84. The van der Waals surface area contributed by atoms with E-state index in [4.69, 9.17) is 0 Å². The molecule has 4 rings (SSSR count). The van der Waals surface area contributed by atoms with Gasteiger partial charge in [-0.05, 0) is 24.9 Å². The number of hydrogen-bond acceptors (Lipinski definition) is 3. The van der Waals surface area contributed by atoms with Crippen molar-refractivity contribution in [1.82, 2.24) is 15.1 Å². The van der Waals surface area contributed by atoms with Crippen LogP contribution in [0.2, 0.25) is 0 Å². The molecule has 5 nitrogen and oxygen atoms in total. The monoisotopic (exact) mass is 327 g/mol. The second-order valence-electron chi connectivity index (χ2n) is 7.41. The largest absolute Gasteiger partial charge is 0.350 e. The van der Waals surface area contributed by atoms with Gasteiger partial charge < -0.3 is 15.1 Å². The summed E-state index contributed by atoms with van der Waals surface area (Å²) >= 11 is 0. The van der Waals surface area contributed by atoms with Crippen LogP contribution in [-0.2, 0) is 15.0 Å². The van der Waals surface area contributed by atoms with E-state index in [1.54, 1.807) is 0 Å². The van der Waals surface area contributed by atoms with Crippen molar-refractivity contribution < 1.29 is 9.59 Å². The Kier molecular flexibility index (Phi) is 3.83. The third-order valence-electron chi connectivity index (χ3n) is 5.78. The Labute approximate surface area is 143 Å². The topological polar surface area (TPSA) is 52.7 Å². The van der Waals surface area contributed by atoms with E-state index in [2.05, 4.69) is 29.3 Å². The number of amides is 2. The van der Waals surface area contributed by atoms with E-state index in [1.807, 2.05) is 23.1 Å². The van der Waals surface area contributed by atoms with Gasteiger partial charge in [0, 0.05) is 26.2 Å². The minimum atomic E-state index is -0.340. The van der Waals surface area contributed by atoms with E-state index in [9.17, 15) is 9.59 Å². The van der Waals surface area contributed by atoms with Crippen LogP contribution in [0, 0.1) is 5.92 Å². The Morgan fingerprint density at radius 2 is 1.92 bits per heavy atom. The number of carbonyl (C=O) groups is 2. The maximum absolute atomic E-state index is 13.3. The third kappa shape index (κ3) is 2.61. The van der Waals surface area contributed by atoms with Crippen LogP contribution in [0.15, 0.2) is 30.3 Å². The van der Waals surface area contributed by atoms with Crippen LogP contribution in [0.5, 0.6) is 0 Å². The zero-order valence-corrected chi connectivity index (χ0v) is 14.2. The lowest BCUT2D eigenvalue weighted by atomic mass is 9.93. The molecule has 0 unspecified atom stereocenters. The second kappa shape index (κ2) is 5.88. The van der Waals surface area contributed by atoms with Crippen LogP contribution in [0.4, 0.5) is 0 Å². The van der Waals surface area contributed by atoms with Crippen molar-refractivity contribution in [2.45, 2.75) is 31.2 Å². The average molecular weight is 327 g/mol. The molecule has 3 fully saturated rings. The number of nitrogens with zero attached hydrogens (tertiary/aromatic N) is 2. The van der Waals surface area contributed by atoms with Gasteiger partial charge in [0.05, 0.1) is 17.4 Å². The molecule has 1 aliphatic carbocycles. The number of fused-ring (bicyclic) bond motifs is 3. The molecule has 2 saturated heterocycles. The molecule has 2 heterocycles. The zero-order valence-electron chi connectivity index (χ0n) is 14.2. The highest BCUT2D eigenvalue weighted by molar-refractivity contribution is 5.92. The second-order valence-corrected chi connectivity index (χ2v) is 7.41.